The van der Waals surface area contributed by atoms with Gasteiger partial charge >= 0.3 is 0 Å². The molecule has 0 heterocycles. The highest BCUT2D eigenvalue weighted by molar-refractivity contribution is 7.80. The van der Waals surface area contributed by atoms with Crippen LogP contribution in [0.4, 0.5) is 0 Å². The van der Waals surface area contributed by atoms with E-state index in [1.54, 1.807) is 5.56 Å². The van der Waals surface area contributed by atoms with Crippen molar-refractivity contribution in [3.05, 3.63) is 35.9 Å². The minimum atomic E-state index is 0.252. The Hall–Kier alpha value is -0.930. The van der Waals surface area contributed by atoms with E-state index >= 15 is 0 Å². The highest BCUT2D eigenvalue weighted by Crippen LogP contribution is 2.69. The highest BCUT2D eigenvalue weighted by Gasteiger charge is 2.63. The standard InChI is InChI=1S/C28H40N2S/c29-17-20-8-10-24(11-9-20)30-26(31)28-15-21-13-27(18-28,23-4-2-1-3-5-23)14-22(16-28)25(21)12-19-6-7-19/h1-5,19-22,24-25H,6-18,29H2,(H,30,31). The molecular formula is C28H40N2S. The van der Waals surface area contributed by atoms with Crippen molar-refractivity contribution in [3.8, 4) is 0 Å². The number of hydrogen-bond acceptors (Lipinski definition) is 2. The fourth-order valence-electron chi connectivity index (χ4n) is 8.64. The van der Waals surface area contributed by atoms with Gasteiger partial charge in [0.2, 0.25) is 0 Å². The van der Waals surface area contributed by atoms with E-state index in [9.17, 15) is 0 Å². The molecule has 2 unspecified atom stereocenters. The maximum atomic E-state index is 6.29. The van der Waals surface area contributed by atoms with E-state index in [1.165, 1.54) is 82.0 Å². The van der Waals surface area contributed by atoms with Crippen LogP contribution < -0.4 is 11.1 Å². The van der Waals surface area contributed by atoms with Crippen LogP contribution in [0.2, 0.25) is 0 Å². The predicted molar refractivity (Wildman–Crippen MR) is 132 cm³/mol. The van der Waals surface area contributed by atoms with Crippen molar-refractivity contribution >= 4 is 17.2 Å². The Kier molecular flexibility index (Phi) is 5.22. The molecular weight excluding hydrogens is 396 g/mol. The molecule has 0 saturated heterocycles. The highest BCUT2D eigenvalue weighted by atomic mass is 32.1. The summed E-state index contributed by atoms with van der Waals surface area (Å²) in [6, 6.07) is 12.1. The van der Waals surface area contributed by atoms with Crippen LogP contribution in [0.25, 0.3) is 0 Å². The van der Waals surface area contributed by atoms with Crippen molar-refractivity contribution in [3.63, 3.8) is 0 Å². The molecule has 3 heteroatoms. The van der Waals surface area contributed by atoms with Gasteiger partial charge in [-0.1, -0.05) is 55.4 Å². The van der Waals surface area contributed by atoms with Crippen LogP contribution in [0.1, 0.15) is 82.6 Å². The quantitative estimate of drug-likeness (QED) is 0.538. The van der Waals surface area contributed by atoms with Crippen molar-refractivity contribution in [2.75, 3.05) is 6.54 Å². The topological polar surface area (TPSA) is 38.0 Å². The largest absolute Gasteiger partial charge is 0.376 e. The summed E-state index contributed by atoms with van der Waals surface area (Å²) in [6.45, 7) is 0.854. The number of nitrogens with two attached hydrogens (primary N) is 1. The van der Waals surface area contributed by atoms with Crippen molar-refractivity contribution < 1.29 is 0 Å². The molecule has 168 valence electrons. The molecule has 2 nitrogen and oxygen atoms in total. The molecule has 0 radical (unpaired) electrons. The summed E-state index contributed by atoms with van der Waals surface area (Å²) >= 11 is 6.29. The van der Waals surface area contributed by atoms with Gasteiger partial charge < -0.3 is 11.1 Å². The Morgan fingerprint density at radius 2 is 1.55 bits per heavy atom. The van der Waals surface area contributed by atoms with Gasteiger partial charge in [-0.2, -0.15) is 0 Å². The first-order valence-electron chi connectivity index (χ1n) is 13.2. The Labute approximate surface area is 194 Å². The van der Waals surface area contributed by atoms with Crippen LogP contribution in [-0.4, -0.2) is 17.6 Å². The molecule has 0 spiro atoms. The zero-order valence-electron chi connectivity index (χ0n) is 19.0. The summed E-state index contributed by atoms with van der Waals surface area (Å²) in [7, 11) is 0. The molecule has 6 saturated carbocycles. The lowest BCUT2D eigenvalue weighted by molar-refractivity contribution is -0.0854. The number of thiocarbonyl (C=S) groups is 1. The molecule has 4 bridgehead atoms. The molecule has 3 N–H and O–H groups in total. The van der Waals surface area contributed by atoms with Gasteiger partial charge in [0, 0.05) is 11.5 Å². The Bertz CT molecular complexity index is 792. The minimum absolute atomic E-state index is 0.252. The molecule has 7 rings (SSSR count). The Morgan fingerprint density at radius 3 is 2.16 bits per heavy atom. The summed E-state index contributed by atoms with van der Waals surface area (Å²) in [6.07, 6.45) is 16.4. The molecule has 6 aliphatic carbocycles. The van der Waals surface area contributed by atoms with Crippen LogP contribution >= 0.6 is 12.2 Å². The number of benzene rings is 1. The second kappa shape index (κ2) is 7.83. The average molecular weight is 437 g/mol. The minimum Gasteiger partial charge on any atom is -0.376 e. The smallest absolute Gasteiger partial charge is 0.0818 e. The summed E-state index contributed by atoms with van der Waals surface area (Å²) < 4.78 is 0. The van der Waals surface area contributed by atoms with Crippen LogP contribution in [0.3, 0.4) is 0 Å². The van der Waals surface area contributed by atoms with Gasteiger partial charge in [0.05, 0.1) is 4.99 Å². The zero-order valence-corrected chi connectivity index (χ0v) is 19.8. The second-order valence-electron chi connectivity index (χ2n) is 12.2. The van der Waals surface area contributed by atoms with Gasteiger partial charge in [-0.15, -0.1) is 0 Å². The van der Waals surface area contributed by atoms with Crippen molar-refractivity contribution in [1.82, 2.24) is 5.32 Å². The fourth-order valence-corrected chi connectivity index (χ4v) is 9.05. The van der Waals surface area contributed by atoms with E-state index in [-0.39, 0.29) is 5.41 Å². The van der Waals surface area contributed by atoms with Crippen LogP contribution in [0, 0.1) is 35.0 Å². The molecule has 6 aliphatic rings. The number of hydrogen-bond donors (Lipinski definition) is 2. The maximum absolute atomic E-state index is 6.29. The lowest BCUT2D eigenvalue weighted by atomic mass is 9.39. The van der Waals surface area contributed by atoms with E-state index in [4.69, 9.17) is 18.0 Å². The van der Waals surface area contributed by atoms with E-state index in [2.05, 4.69) is 35.6 Å². The summed E-state index contributed by atoms with van der Waals surface area (Å²) in [5.41, 5.74) is 8.15. The lowest BCUT2D eigenvalue weighted by Crippen LogP contribution is -2.62. The van der Waals surface area contributed by atoms with E-state index in [1.807, 2.05) is 0 Å². The Morgan fingerprint density at radius 1 is 0.903 bits per heavy atom. The Balaban J connectivity index is 1.25. The first kappa shape index (κ1) is 20.7. The normalized spacial score (nSPS) is 43.7. The average Bonchev–Trinajstić information content (AvgIpc) is 3.61. The van der Waals surface area contributed by atoms with E-state index in [0.29, 0.717) is 11.5 Å². The second-order valence-corrected chi connectivity index (χ2v) is 12.6. The van der Waals surface area contributed by atoms with Crippen molar-refractivity contribution in [2.24, 2.45) is 40.7 Å². The third-order valence-electron chi connectivity index (χ3n) is 10.2. The molecule has 2 atom stereocenters. The van der Waals surface area contributed by atoms with Gasteiger partial charge in [0.1, 0.15) is 0 Å². The van der Waals surface area contributed by atoms with Crippen molar-refractivity contribution in [2.45, 2.75) is 88.5 Å². The third kappa shape index (κ3) is 3.68. The summed E-state index contributed by atoms with van der Waals surface area (Å²) in [4.78, 5) is 1.24. The van der Waals surface area contributed by atoms with Gasteiger partial charge in [-0.3, -0.25) is 0 Å². The number of rotatable bonds is 6. The van der Waals surface area contributed by atoms with Crippen molar-refractivity contribution in [1.29, 1.82) is 0 Å². The van der Waals surface area contributed by atoms with Gasteiger partial charge in [-0.05, 0) is 111 Å². The summed E-state index contributed by atoms with van der Waals surface area (Å²) in [5.74, 6) is 4.52. The lowest BCUT2D eigenvalue weighted by Gasteiger charge is -2.65. The van der Waals surface area contributed by atoms with E-state index in [0.717, 1.165) is 36.1 Å². The fraction of sp³-hybridized carbons (Fsp3) is 0.750. The van der Waals surface area contributed by atoms with Gasteiger partial charge in [0.15, 0.2) is 0 Å². The van der Waals surface area contributed by atoms with Crippen LogP contribution in [-0.2, 0) is 5.41 Å². The van der Waals surface area contributed by atoms with Gasteiger partial charge in [-0.25, -0.2) is 0 Å². The molecule has 0 aromatic heterocycles. The SMILES string of the molecule is NCC1CCC(NC(=S)C23CC4CC(c5ccccc5)(CC(C2)C4CC2CC2)C3)CC1. The monoisotopic (exact) mass is 436 g/mol. The van der Waals surface area contributed by atoms with Crippen LogP contribution in [0.5, 0.6) is 0 Å². The van der Waals surface area contributed by atoms with E-state index < -0.39 is 0 Å². The molecule has 0 aliphatic heterocycles. The number of nitrogens with one attached hydrogen (secondary N) is 1. The van der Waals surface area contributed by atoms with Crippen LogP contribution in [0.15, 0.2) is 30.3 Å². The molecule has 1 aromatic carbocycles. The van der Waals surface area contributed by atoms with Gasteiger partial charge in [0.25, 0.3) is 0 Å². The third-order valence-corrected chi connectivity index (χ3v) is 10.7. The maximum Gasteiger partial charge on any atom is 0.0818 e. The summed E-state index contributed by atoms with van der Waals surface area (Å²) in [5, 5.41) is 3.95. The first-order chi connectivity index (χ1) is 15.1. The zero-order chi connectivity index (χ0) is 21.1. The molecule has 0 amide bonds. The molecule has 31 heavy (non-hydrogen) atoms. The molecule has 6 fully saturated rings. The predicted octanol–water partition coefficient (Wildman–Crippen LogP) is 5.99. The first-order valence-corrected chi connectivity index (χ1v) is 13.6. The molecule has 1 aromatic rings.